The molecule has 2 fully saturated rings. The molecule has 2 aromatic rings. The third kappa shape index (κ3) is 3.15. The van der Waals surface area contributed by atoms with Gasteiger partial charge in [0.1, 0.15) is 0 Å². The zero-order valence-electron chi connectivity index (χ0n) is 12.6. The topological polar surface area (TPSA) is 45.2 Å². The molecule has 1 aromatic carbocycles. The predicted octanol–water partition coefficient (Wildman–Crippen LogP) is 2.75. The van der Waals surface area contributed by atoms with Gasteiger partial charge in [0.2, 0.25) is 5.91 Å². The first-order chi connectivity index (χ1) is 10.8. The van der Waals surface area contributed by atoms with Crippen LogP contribution in [0.1, 0.15) is 36.6 Å². The maximum atomic E-state index is 11.9. The summed E-state index contributed by atoms with van der Waals surface area (Å²) in [6.45, 7) is 2.56. The van der Waals surface area contributed by atoms with Crippen molar-refractivity contribution in [2.24, 2.45) is 0 Å². The molecule has 1 saturated heterocycles. The molecule has 116 valence electrons. The first-order valence-electron chi connectivity index (χ1n) is 8.15. The van der Waals surface area contributed by atoms with Crippen molar-refractivity contribution >= 4 is 27.5 Å². The number of aromatic nitrogens is 1. The number of carbonyl (C=O) groups excluding carboxylic acids is 1. The molecule has 0 bridgehead atoms. The van der Waals surface area contributed by atoms with Crippen molar-refractivity contribution in [3.05, 3.63) is 29.3 Å². The van der Waals surface area contributed by atoms with E-state index >= 15 is 0 Å². The summed E-state index contributed by atoms with van der Waals surface area (Å²) in [7, 11) is 0. The van der Waals surface area contributed by atoms with Gasteiger partial charge in [-0.15, -0.1) is 11.3 Å². The van der Waals surface area contributed by atoms with Crippen LogP contribution < -0.4 is 5.32 Å². The number of carbonyl (C=O) groups is 1. The largest absolute Gasteiger partial charge is 0.352 e. The van der Waals surface area contributed by atoms with Gasteiger partial charge in [-0.05, 0) is 50.9 Å². The van der Waals surface area contributed by atoms with Crippen LogP contribution in [0.15, 0.2) is 24.3 Å². The number of piperidine rings is 1. The average molecular weight is 315 g/mol. The summed E-state index contributed by atoms with van der Waals surface area (Å²) in [5, 5.41) is 4.34. The summed E-state index contributed by atoms with van der Waals surface area (Å²) >= 11 is 1.83. The summed E-state index contributed by atoms with van der Waals surface area (Å²) in [5.41, 5.74) is 1.12. The van der Waals surface area contributed by atoms with Crippen LogP contribution in [-0.2, 0) is 4.79 Å². The van der Waals surface area contributed by atoms with E-state index in [1.54, 1.807) is 0 Å². The van der Waals surface area contributed by atoms with E-state index in [-0.39, 0.29) is 5.91 Å². The number of benzene rings is 1. The normalized spacial score (nSPS) is 20.4. The minimum absolute atomic E-state index is 0.195. The molecule has 0 unspecified atom stereocenters. The fourth-order valence-electron chi connectivity index (χ4n) is 3.11. The smallest absolute Gasteiger partial charge is 0.234 e. The molecule has 1 aliphatic heterocycles. The molecule has 4 nitrogen and oxygen atoms in total. The third-order valence-corrected chi connectivity index (χ3v) is 5.76. The lowest BCUT2D eigenvalue weighted by atomic mass is 9.97. The molecular weight excluding hydrogens is 294 g/mol. The zero-order chi connectivity index (χ0) is 14.9. The van der Waals surface area contributed by atoms with E-state index in [4.69, 9.17) is 4.98 Å². The lowest BCUT2D eigenvalue weighted by molar-refractivity contribution is -0.122. The first-order valence-corrected chi connectivity index (χ1v) is 8.97. The lowest BCUT2D eigenvalue weighted by Crippen LogP contribution is -2.41. The number of nitrogens with zero attached hydrogens (tertiary/aromatic N) is 2. The Kier molecular flexibility index (Phi) is 3.84. The molecule has 0 atom stereocenters. The quantitative estimate of drug-likeness (QED) is 0.943. The Hall–Kier alpha value is -1.46. The van der Waals surface area contributed by atoms with Crippen LogP contribution in [0.25, 0.3) is 10.2 Å². The van der Waals surface area contributed by atoms with Gasteiger partial charge >= 0.3 is 0 Å². The number of thiazole rings is 1. The SMILES string of the molecule is O=C(CN1CCC(c2nc3ccccc3s2)CC1)NC1CC1. The fourth-order valence-corrected chi connectivity index (χ4v) is 4.24. The Morgan fingerprint density at radius 3 is 2.73 bits per heavy atom. The van der Waals surface area contributed by atoms with Gasteiger partial charge in [-0.2, -0.15) is 0 Å². The molecule has 1 amide bonds. The van der Waals surface area contributed by atoms with Gasteiger partial charge in [-0.1, -0.05) is 12.1 Å². The Morgan fingerprint density at radius 2 is 2.00 bits per heavy atom. The van der Waals surface area contributed by atoms with Crippen molar-refractivity contribution in [1.29, 1.82) is 0 Å². The molecule has 4 rings (SSSR count). The van der Waals surface area contributed by atoms with E-state index < -0.39 is 0 Å². The number of likely N-dealkylation sites (tertiary alicyclic amines) is 1. The van der Waals surface area contributed by atoms with Crippen molar-refractivity contribution in [3.63, 3.8) is 0 Å². The van der Waals surface area contributed by atoms with Crippen LogP contribution in [0.3, 0.4) is 0 Å². The second-order valence-electron chi connectivity index (χ2n) is 6.41. The van der Waals surface area contributed by atoms with Crippen molar-refractivity contribution in [2.45, 2.75) is 37.6 Å². The maximum Gasteiger partial charge on any atom is 0.234 e. The fraction of sp³-hybridized carbons (Fsp3) is 0.529. The molecule has 2 heterocycles. The molecule has 5 heteroatoms. The third-order valence-electron chi connectivity index (χ3n) is 4.56. The number of hydrogen-bond donors (Lipinski definition) is 1. The Labute approximate surface area is 134 Å². The van der Waals surface area contributed by atoms with E-state index in [1.807, 2.05) is 17.4 Å². The Morgan fingerprint density at radius 1 is 1.23 bits per heavy atom. The highest BCUT2D eigenvalue weighted by molar-refractivity contribution is 7.18. The zero-order valence-corrected chi connectivity index (χ0v) is 13.4. The van der Waals surface area contributed by atoms with Crippen LogP contribution in [0.4, 0.5) is 0 Å². The molecule has 1 aromatic heterocycles. The van der Waals surface area contributed by atoms with Crippen LogP contribution in [0, 0.1) is 0 Å². The monoisotopic (exact) mass is 315 g/mol. The minimum atomic E-state index is 0.195. The number of hydrogen-bond acceptors (Lipinski definition) is 4. The van der Waals surface area contributed by atoms with E-state index in [1.165, 1.54) is 9.71 Å². The number of nitrogens with one attached hydrogen (secondary N) is 1. The summed E-state index contributed by atoms with van der Waals surface area (Å²) in [4.78, 5) is 18.9. The average Bonchev–Trinajstić information content (AvgIpc) is 3.23. The number of amides is 1. The maximum absolute atomic E-state index is 11.9. The summed E-state index contributed by atoms with van der Waals surface area (Å²) in [6, 6.07) is 8.83. The highest BCUT2D eigenvalue weighted by Gasteiger charge is 2.27. The number of rotatable bonds is 4. The van der Waals surface area contributed by atoms with Crippen LogP contribution >= 0.6 is 11.3 Å². The van der Waals surface area contributed by atoms with Gasteiger partial charge < -0.3 is 5.32 Å². The second kappa shape index (κ2) is 5.97. The molecule has 0 radical (unpaired) electrons. The number of fused-ring (bicyclic) bond motifs is 1. The Bertz CT molecular complexity index is 638. The van der Waals surface area contributed by atoms with E-state index in [0.29, 0.717) is 18.5 Å². The highest BCUT2D eigenvalue weighted by Crippen LogP contribution is 2.33. The lowest BCUT2D eigenvalue weighted by Gasteiger charge is -2.30. The van der Waals surface area contributed by atoms with Gasteiger partial charge in [-0.3, -0.25) is 9.69 Å². The predicted molar refractivity (Wildman–Crippen MR) is 89.2 cm³/mol. The first kappa shape index (κ1) is 14.2. The van der Waals surface area contributed by atoms with Gasteiger partial charge in [-0.25, -0.2) is 4.98 Å². The molecule has 1 aliphatic carbocycles. The van der Waals surface area contributed by atoms with Crippen LogP contribution in [0.2, 0.25) is 0 Å². The van der Waals surface area contributed by atoms with Crippen molar-refractivity contribution in [1.82, 2.24) is 15.2 Å². The van der Waals surface area contributed by atoms with Gasteiger partial charge in [0.05, 0.1) is 21.8 Å². The van der Waals surface area contributed by atoms with Crippen LogP contribution in [0.5, 0.6) is 0 Å². The van der Waals surface area contributed by atoms with Crippen molar-refractivity contribution < 1.29 is 4.79 Å². The molecule has 0 spiro atoms. The van der Waals surface area contributed by atoms with E-state index in [9.17, 15) is 4.79 Å². The highest BCUT2D eigenvalue weighted by atomic mass is 32.1. The van der Waals surface area contributed by atoms with E-state index in [2.05, 4.69) is 28.4 Å². The Balaban J connectivity index is 1.33. The second-order valence-corrected chi connectivity index (χ2v) is 7.47. The summed E-state index contributed by atoms with van der Waals surface area (Å²) in [5.74, 6) is 0.751. The molecular formula is C17H21N3OS. The standard InChI is InChI=1S/C17H21N3OS/c21-16(18-13-5-6-13)11-20-9-7-12(8-10-20)17-19-14-3-1-2-4-15(14)22-17/h1-4,12-13H,5-11H2,(H,18,21). The van der Waals surface area contributed by atoms with Gasteiger partial charge in [0.15, 0.2) is 0 Å². The van der Waals surface area contributed by atoms with Gasteiger partial charge in [0.25, 0.3) is 0 Å². The summed E-state index contributed by atoms with van der Waals surface area (Å²) < 4.78 is 1.28. The molecule has 2 aliphatic rings. The number of para-hydroxylation sites is 1. The van der Waals surface area contributed by atoms with Crippen molar-refractivity contribution in [3.8, 4) is 0 Å². The molecule has 1 N–H and O–H groups in total. The van der Waals surface area contributed by atoms with Crippen LogP contribution in [-0.4, -0.2) is 41.5 Å². The molecule has 1 saturated carbocycles. The molecule has 22 heavy (non-hydrogen) atoms. The van der Waals surface area contributed by atoms with E-state index in [0.717, 1.165) is 44.3 Å². The minimum Gasteiger partial charge on any atom is -0.352 e. The van der Waals surface area contributed by atoms with Crippen molar-refractivity contribution in [2.75, 3.05) is 19.6 Å². The van der Waals surface area contributed by atoms with Gasteiger partial charge in [0, 0.05) is 12.0 Å². The summed E-state index contributed by atoms with van der Waals surface area (Å²) in [6.07, 6.45) is 4.53.